The lowest BCUT2D eigenvalue weighted by molar-refractivity contribution is 0.705. The van der Waals surface area contributed by atoms with Crippen molar-refractivity contribution in [2.24, 2.45) is 5.73 Å². The molecular formula is C16H20N2. The largest absolute Gasteiger partial charge is 0.324 e. The molecule has 0 aliphatic rings. The maximum Gasteiger partial charge on any atom is 0.0422 e. The Morgan fingerprint density at radius 2 is 1.83 bits per heavy atom. The third-order valence-electron chi connectivity index (χ3n) is 3.23. The van der Waals surface area contributed by atoms with E-state index in [1.165, 1.54) is 16.7 Å². The molecule has 0 aliphatic carbocycles. The molecular weight excluding hydrogens is 220 g/mol. The Hall–Kier alpha value is -1.67. The number of rotatable bonds is 4. The van der Waals surface area contributed by atoms with E-state index < -0.39 is 0 Å². The molecule has 0 fully saturated rings. The SMILES string of the molecule is CCc1ccc(CC(N)c2ccc(C)cc2)nc1. The van der Waals surface area contributed by atoms with Crippen LogP contribution in [0.1, 0.15) is 35.3 Å². The minimum absolute atomic E-state index is 0.0191. The Labute approximate surface area is 109 Å². The molecule has 18 heavy (non-hydrogen) atoms. The van der Waals surface area contributed by atoms with Gasteiger partial charge in [-0.25, -0.2) is 0 Å². The molecule has 1 atom stereocenters. The number of hydrogen-bond donors (Lipinski definition) is 1. The molecule has 94 valence electrons. The van der Waals surface area contributed by atoms with Crippen LogP contribution in [-0.4, -0.2) is 4.98 Å². The molecule has 1 aromatic carbocycles. The van der Waals surface area contributed by atoms with Crippen LogP contribution in [0.15, 0.2) is 42.6 Å². The molecule has 1 unspecified atom stereocenters. The second-order valence-corrected chi connectivity index (χ2v) is 4.73. The molecule has 0 spiro atoms. The third kappa shape index (κ3) is 3.17. The Balaban J connectivity index is 2.05. The summed E-state index contributed by atoms with van der Waals surface area (Å²) in [6.45, 7) is 4.22. The molecule has 0 amide bonds. The first-order chi connectivity index (χ1) is 8.69. The summed E-state index contributed by atoms with van der Waals surface area (Å²) in [4.78, 5) is 4.45. The Morgan fingerprint density at radius 1 is 1.11 bits per heavy atom. The van der Waals surface area contributed by atoms with E-state index in [1.807, 2.05) is 6.20 Å². The van der Waals surface area contributed by atoms with Gasteiger partial charge in [-0.3, -0.25) is 4.98 Å². The van der Waals surface area contributed by atoms with Gasteiger partial charge in [-0.2, -0.15) is 0 Å². The minimum Gasteiger partial charge on any atom is -0.324 e. The zero-order valence-electron chi connectivity index (χ0n) is 11.1. The van der Waals surface area contributed by atoms with E-state index in [4.69, 9.17) is 5.73 Å². The Bertz CT molecular complexity index is 486. The van der Waals surface area contributed by atoms with Gasteiger partial charge in [-0.15, -0.1) is 0 Å². The summed E-state index contributed by atoms with van der Waals surface area (Å²) < 4.78 is 0. The number of nitrogens with two attached hydrogens (primary N) is 1. The zero-order valence-corrected chi connectivity index (χ0v) is 11.1. The van der Waals surface area contributed by atoms with Crippen LogP contribution in [0.25, 0.3) is 0 Å². The summed E-state index contributed by atoms with van der Waals surface area (Å²) in [6.07, 6.45) is 3.75. The van der Waals surface area contributed by atoms with Gasteiger partial charge >= 0.3 is 0 Å². The van der Waals surface area contributed by atoms with Gasteiger partial charge < -0.3 is 5.73 Å². The van der Waals surface area contributed by atoms with Crippen molar-refractivity contribution in [1.82, 2.24) is 4.98 Å². The quantitative estimate of drug-likeness (QED) is 0.891. The minimum atomic E-state index is 0.0191. The number of aryl methyl sites for hydroxylation is 2. The summed E-state index contributed by atoms with van der Waals surface area (Å²) in [5, 5.41) is 0. The van der Waals surface area contributed by atoms with Gasteiger partial charge in [0.1, 0.15) is 0 Å². The second kappa shape index (κ2) is 5.78. The standard InChI is InChI=1S/C16H20N2/c1-3-13-6-9-15(18-11-13)10-16(17)14-7-4-12(2)5-8-14/h4-9,11,16H,3,10,17H2,1-2H3. The van der Waals surface area contributed by atoms with Crippen LogP contribution in [0.3, 0.4) is 0 Å². The first-order valence-corrected chi connectivity index (χ1v) is 6.45. The van der Waals surface area contributed by atoms with Crippen molar-refractivity contribution < 1.29 is 0 Å². The molecule has 2 nitrogen and oxygen atoms in total. The molecule has 1 aromatic heterocycles. The lowest BCUT2D eigenvalue weighted by atomic mass is 10.0. The molecule has 0 saturated carbocycles. The molecule has 0 radical (unpaired) electrons. The number of pyridine rings is 1. The first-order valence-electron chi connectivity index (χ1n) is 6.45. The highest BCUT2D eigenvalue weighted by atomic mass is 14.7. The number of nitrogens with zero attached hydrogens (tertiary/aromatic N) is 1. The van der Waals surface area contributed by atoms with E-state index >= 15 is 0 Å². The monoisotopic (exact) mass is 240 g/mol. The maximum atomic E-state index is 6.21. The van der Waals surface area contributed by atoms with E-state index in [2.05, 4.69) is 55.2 Å². The van der Waals surface area contributed by atoms with Crippen molar-refractivity contribution in [3.63, 3.8) is 0 Å². The van der Waals surface area contributed by atoms with Crippen LogP contribution < -0.4 is 5.73 Å². The fourth-order valence-electron chi connectivity index (χ4n) is 1.94. The Morgan fingerprint density at radius 3 is 2.39 bits per heavy atom. The summed E-state index contributed by atoms with van der Waals surface area (Å²) in [5.74, 6) is 0. The average molecular weight is 240 g/mol. The Kier molecular flexibility index (Phi) is 4.11. The highest BCUT2D eigenvalue weighted by molar-refractivity contribution is 5.25. The van der Waals surface area contributed by atoms with Gasteiger partial charge in [-0.1, -0.05) is 42.8 Å². The molecule has 2 N–H and O–H groups in total. The second-order valence-electron chi connectivity index (χ2n) is 4.73. The van der Waals surface area contributed by atoms with Gasteiger partial charge in [0.25, 0.3) is 0 Å². The zero-order chi connectivity index (χ0) is 13.0. The van der Waals surface area contributed by atoms with Crippen LogP contribution in [0, 0.1) is 6.92 Å². The van der Waals surface area contributed by atoms with E-state index in [0.717, 1.165) is 18.5 Å². The van der Waals surface area contributed by atoms with E-state index in [0.29, 0.717) is 0 Å². The van der Waals surface area contributed by atoms with Gasteiger partial charge in [0.15, 0.2) is 0 Å². The summed E-state index contributed by atoms with van der Waals surface area (Å²) >= 11 is 0. The van der Waals surface area contributed by atoms with Crippen LogP contribution in [-0.2, 0) is 12.8 Å². The summed E-state index contributed by atoms with van der Waals surface area (Å²) in [7, 11) is 0. The van der Waals surface area contributed by atoms with Gasteiger partial charge in [0.05, 0.1) is 0 Å². The van der Waals surface area contributed by atoms with Gasteiger partial charge in [-0.05, 0) is 30.5 Å². The molecule has 0 saturated heterocycles. The molecule has 2 rings (SSSR count). The topological polar surface area (TPSA) is 38.9 Å². The summed E-state index contributed by atoms with van der Waals surface area (Å²) in [6, 6.07) is 12.6. The van der Waals surface area contributed by atoms with E-state index in [1.54, 1.807) is 0 Å². The average Bonchev–Trinajstić information content (AvgIpc) is 2.40. The number of hydrogen-bond acceptors (Lipinski definition) is 2. The van der Waals surface area contributed by atoms with Crippen molar-refractivity contribution in [2.75, 3.05) is 0 Å². The predicted molar refractivity (Wildman–Crippen MR) is 75.4 cm³/mol. The fraction of sp³-hybridized carbons (Fsp3) is 0.312. The highest BCUT2D eigenvalue weighted by Crippen LogP contribution is 2.15. The van der Waals surface area contributed by atoms with Crippen LogP contribution in [0.2, 0.25) is 0 Å². The third-order valence-corrected chi connectivity index (χ3v) is 3.23. The van der Waals surface area contributed by atoms with Crippen LogP contribution in [0.4, 0.5) is 0 Å². The van der Waals surface area contributed by atoms with E-state index in [-0.39, 0.29) is 6.04 Å². The lowest BCUT2D eigenvalue weighted by Crippen LogP contribution is -2.14. The smallest absolute Gasteiger partial charge is 0.0422 e. The first kappa shape index (κ1) is 12.8. The molecule has 0 aliphatic heterocycles. The van der Waals surface area contributed by atoms with Crippen molar-refractivity contribution in [3.05, 3.63) is 65.0 Å². The fourth-order valence-corrected chi connectivity index (χ4v) is 1.94. The maximum absolute atomic E-state index is 6.21. The van der Waals surface area contributed by atoms with Crippen molar-refractivity contribution in [1.29, 1.82) is 0 Å². The van der Waals surface area contributed by atoms with Crippen molar-refractivity contribution >= 4 is 0 Å². The molecule has 1 heterocycles. The lowest BCUT2D eigenvalue weighted by Gasteiger charge is -2.12. The van der Waals surface area contributed by atoms with Gasteiger partial charge in [0.2, 0.25) is 0 Å². The normalized spacial score (nSPS) is 12.4. The molecule has 2 aromatic rings. The van der Waals surface area contributed by atoms with Crippen molar-refractivity contribution in [3.8, 4) is 0 Å². The highest BCUT2D eigenvalue weighted by Gasteiger charge is 2.07. The number of aromatic nitrogens is 1. The summed E-state index contributed by atoms with van der Waals surface area (Å²) in [5.41, 5.74) is 11.0. The number of benzene rings is 1. The van der Waals surface area contributed by atoms with Crippen LogP contribution >= 0.6 is 0 Å². The van der Waals surface area contributed by atoms with Gasteiger partial charge in [0, 0.05) is 24.4 Å². The van der Waals surface area contributed by atoms with E-state index in [9.17, 15) is 0 Å². The van der Waals surface area contributed by atoms with Crippen LogP contribution in [0.5, 0.6) is 0 Å². The molecule has 0 bridgehead atoms. The molecule has 2 heteroatoms. The van der Waals surface area contributed by atoms with Crippen molar-refractivity contribution in [2.45, 2.75) is 32.7 Å². The predicted octanol–water partition coefficient (Wildman–Crippen LogP) is 3.19.